The van der Waals surface area contributed by atoms with E-state index in [2.05, 4.69) is 29.1 Å². The highest BCUT2D eigenvalue weighted by Gasteiger charge is 2.36. The van der Waals surface area contributed by atoms with Crippen LogP contribution in [0.3, 0.4) is 0 Å². The van der Waals surface area contributed by atoms with E-state index in [9.17, 15) is 0 Å². The van der Waals surface area contributed by atoms with Crippen molar-refractivity contribution in [2.75, 3.05) is 5.73 Å². The van der Waals surface area contributed by atoms with E-state index >= 15 is 0 Å². The molecule has 15 heavy (non-hydrogen) atoms. The van der Waals surface area contributed by atoms with Crippen LogP contribution < -0.4 is 11.1 Å². The molecule has 0 aromatic carbocycles. The molecule has 3 N–H and O–H groups in total. The van der Waals surface area contributed by atoms with Crippen LogP contribution in [0.15, 0.2) is 0 Å². The van der Waals surface area contributed by atoms with E-state index in [-0.39, 0.29) is 5.54 Å². The Morgan fingerprint density at radius 1 is 1.33 bits per heavy atom. The number of nitrogens with zero attached hydrogens (tertiary/aromatic N) is 2. The highest BCUT2D eigenvalue weighted by molar-refractivity contribution is 5.47. The number of nitrogens with one attached hydrogen (secondary N) is 1. The third-order valence-corrected chi connectivity index (χ3v) is 3.30. The van der Waals surface area contributed by atoms with Crippen molar-refractivity contribution >= 4 is 5.82 Å². The zero-order valence-corrected chi connectivity index (χ0v) is 9.17. The Labute approximate surface area is 89.3 Å². The minimum atomic E-state index is -0.0595. The largest absolute Gasteiger partial charge is 0.383 e. The Balaban J connectivity index is 2.15. The maximum Gasteiger partial charge on any atom is 0.134 e. The van der Waals surface area contributed by atoms with Crippen molar-refractivity contribution in [2.24, 2.45) is 0 Å². The van der Waals surface area contributed by atoms with Gasteiger partial charge in [0.1, 0.15) is 11.6 Å². The third-order valence-electron chi connectivity index (χ3n) is 3.30. The second-order valence-electron chi connectivity index (χ2n) is 5.05. The molecule has 80 valence electrons. The van der Waals surface area contributed by atoms with Crippen LogP contribution in [0.4, 0.5) is 5.82 Å². The number of rotatable bonds is 1. The number of nitrogens with two attached hydrogens (primary N) is 1. The lowest BCUT2D eigenvalue weighted by molar-refractivity contribution is 0.432. The predicted molar refractivity (Wildman–Crippen MR) is 58.3 cm³/mol. The van der Waals surface area contributed by atoms with Gasteiger partial charge in [0.05, 0.1) is 11.2 Å². The van der Waals surface area contributed by atoms with Crippen molar-refractivity contribution in [1.82, 2.24) is 15.3 Å². The lowest BCUT2D eigenvalue weighted by Crippen LogP contribution is -2.29. The number of nitrogen functional groups attached to an aromatic ring is 1. The van der Waals surface area contributed by atoms with Gasteiger partial charge in [-0.05, 0) is 26.7 Å². The predicted octanol–water partition coefficient (Wildman–Crippen LogP) is 1.27. The second kappa shape index (κ2) is 2.70. The number of anilines is 1. The normalized spacial score (nSPS) is 22.8. The Morgan fingerprint density at radius 2 is 2.07 bits per heavy atom. The first-order valence-electron chi connectivity index (χ1n) is 5.50. The molecule has 1 aromatic rings. The summed E-state index contributed by atoms with van der Waals surface area (Å²) in [6, 6.07) is 0. The van der Waals surface area contributed by atoms with Gasteiger partial charge in [-0.15, -0.1) is 0 Å². The van der Waals surface area contributed by atoms with Crippen molar-refractivity contribution in [1.29, 1.82) is 0 Å². The molecule has 0 radical (unpaired) electrons. The zero-order valence-electron chi connectivity index (χ0n) is 9.17. The molecular weight excluding hydrogens is 188 g/mol. The van der Waals surface area contributed by atoms with Crippen molar-refractivity contribution in [3.63, 3.8) is 0 Å². The van der Waals surface area contributed by atoms with Gasteiger partial charge in [-0.25, -0.2) is 9.97 Å². The first-order valence-corrected chi connectivity index (χ1v) is 5.50. The molecule has 2 heterocycles. The number of hydrogen-bond acceptors (Lipinski definition) is 4. The summed E-state index contributed by atoms with van der Waals surface area (Å²) in [4.78, 5) is 9.07. The highest BCUT2D eigenvalue weighted by atomic mass is 15.1. The molecule has 2 aliphatic rings. The van der Waals surface area contributed by atoms with Crippen LogP contribution in [0.2, 0.25) is 0 Å². The first kappa shape index (κ1) is 9.09. The summed E-state index contributed by atoms with van der Waals surface area (Å²) in [5.74, 6) is 2.18. The summed E-state index contributed by atoms with van der Waals surface area (Å²) in [6.07, 6.45) is 2.43. The molecule has 0 spiro atoms. The van der Waals surface area contributed by atoms with Crippen LogP contribution in [-0.4, -0.2) is 9.97 Å². The molecular formula is C11H16N4. The maximum absolute atomic E-state index is 5.97. The second-order valence-corrected chi connectivity index (χ2v) is 5.05. The fourth-order valence-corrected chi connectivity index (χ4v) is 2.13. The molecule has 0 unspecified atom stereocenters. The fraction of sp³-hybridized carbons (Fsp3) is 0.636. The van der Waals surface area contributed by atoms with Crippen molar-refractivity contribution < 1.29 is 0 Å². The van der Waals surface area contributed by atoms with Gasteiger partial charge >= 0.3 is 0 Å². The monoisotopic (exact) mass is 204 g/mol. The number of aromatic nitrogens is 2. The zero-order chi connectivity index (χ0) is 10.6. The van der Waals surface area contributed by atoms with Gasteiger partial charge in [-0.2, -0.15) is 0 Å². The topological polar surface area (TPSA) is 63.8 Å². The smallest absolute Gasteiger partial charge is 0.134 e. The van der Waals surface area contributed by atoms with Crippen LogP contribution in [-0.2, 0) is 12.1 Å². The van der Waals surface area contributed by atoms with Gasteiger partial charge in [-0.1, -0.05) is 0 Å². The summed E-state index contributed by atoms with van der Waals surface area (Å²) in [7, 11) is 0. The lowest BCUT2D eigenvalue weighted by Gasteiger charge is -2.18. The van der Waals surface area contributed by atoms with E-state index < -0.39 is 0 Å². The molecule has 4 nitrogen and oxygen atoms in total. The van der Waals surface area contributed by atoms with E-state index in [1.165, 1.54) is 12.8 Å². The van der Waals surface area contributed by atoms with Crippen LogP contribution in [0.1, 0.15) is 49.7 Å². The van der Waals surface area contributed by atoms with Gasteiger partial charge in [0.2, 0.25) is 0 Å². The minimum absolute atomic E-state index is 0.0595. The average Bonchev–Trinajstić information content (AvgIpc) is 2.94. The van der Waals surface area contributed by atoms with Gasteiger partial charge in [0.15, 0.2) is 0 Å². The molecule has 3 rings (SSSR count). The van der Waals surface area contributed by atoms with Crippen molar-refractivity contribution in [2.45, 2.75) is 44.7 Å². The molecule has 1 aliphatic heterocycles. The van der Waals surface area contributed by atoms with Gasteiger partial charge < -0.3 is 11.1 Å². The quantitative estimate of drug-likeness (QED) is 0.723. The molecule has 0 atom stereocenters. The standard InChI is InChI=1S/C11H16N4/c1-11(2)8-7(5-13-11)9(12)15-10(14-8)6-3-4-6/h6,13H,3-5H2,1-2H3,(H2,12,14,15). The summed E-state index contributed by atoms with van der Waals surface area (Å²) in [6.45, 7) is 5.07. The molecule has 1 aliphatic carbocycles. The fourth-order valence-electron chi connectivity index (χ4n) is 2.13. The van der Waals surface area contributed by atoms with Crippen LogP contribution in [0, 0.1) is 0 Å². The molecule has 1 aromatic heterocycles. The van der Waals surface area contributed by atoms with E-state index in [0.29, 0.717) is 11.7 Å². The summed E-state index contributed by atoms with van der Waals surface area (Å²) in [5, 5.41) is 3.41. The molecule has 4 heteroatoms. The molecule has 0 saturated heterocycles. The van der Waals surface area contributed by atoms with Gasteiger partial charge in [0, 0.05) is 18.0 Å². The van der Waals surface area contributed by atoms with Crippen molar-refractivity contribution in [3.05, 3.63) is 17.1 Å². The van der Waals surface area contributed by atoms with Crippen LogP contribution >= 0.6 is 0 Å². The minimum Gasteiger partial charge on any atom is -0.383 e. The van der Waals surface area contributed by atoms with Crippen LogP contribution in [0.5, 0.6) is 0 Å². The molecule has 0 bridgehead atoms. The highest BCUT2D eigenvalue weighted by Crippen LogP contribution is 2.40. The SMILES string of the molecule is CC1(C)NCc2c(N)nc(C3CC3)nc21. The first-order chi connectivity index (χ1) is 7.08. The summed E-state index contributed by atoms with van der Waals surface area (Å²) >= 11 is 0. The van der Waals surface area contributed by atoms with Gasteiger partial charge in [0.25, 0.3) is 0 Å². The van der Waals surface area contributed by atoms with Crippen molar-refractivity contribution in [3.8, 4) is 0 Å². The van der Waals surface area contributed by atoms with E-state index in [1.807, 2.05) is 0 Å². The van der Waals surface area contributed by atoms with E-state index in [4.69, 9.17) is 5.73 Å². The Morgan fingerprint density at radius 3 is 2.73 bits per heavy atom. The van der Waals surface area contributed by atoms with E-state index in [1.54, 1.807) is 0 Å². The summed E-state index contributed by atoms with van der Waals surface area (Å²) in [5.41, 5.74) is 8.09. The number of fused-ring (bicyclic) bond motifs is 1. The third kappa shape index (κ3) is 1.32. The number of hydrogen-bond donors (Lipinski definition) is 2. The Kier molecular flexibility index (Phi) is 1.63. The van der Waals surface area contributed by atoms with Crippen LogP contribution in [0.25, 0.3) is 0 Å². The van der Waals surface area contributed by atoms with Gasteiger partial charge in [-0.3, -0.25) is 0 Å². The summed E-state index contributed by atoms with van der Waals surface area (Å²) < 4.78 is 0. The molecule has 1 fully saturated rings. The maximum atomic E-state index is 5.97. The Hall–Kier alpha value is -1.16. The molecule has 0 amide bonds. The average molecular weight is 204 g/mol. The Bertz CT molecular complexity index is 421. The molecule has 1 saturated carbocycles. The van der Waals surface area contributed by atoms with E-state index in [0.717, 1.165) is 23.6 Å². The lowest BCUT2D eigenvalue weighted by atomic mass is 10.0.